The molecule has 0 fully saturated rings. The molecular formula is C5H9ClN2O2S. The number of hydrogen-bond acceptors (Lipinski definition) is 3. The minimum Gasteiger partial charge on any atom is -0.323 e. The largest absolute Gasteiger partial charge is 0.323 e. The molecule has 0 saturated heterocycles. The smallest absolute Gasteiger partial charge is 0.165 e. The van der Waals surface area contributed by atoms with Crippen LogP contribution in [0.5, 0.6) is 0 Å². The monoisotopic (exact) mass is 196 g/mol. The standard InChI is InChI=1S/C5H8N2O2S.ClH/c1-10(8,9)5-7-3-2-6-4-7;/h2-4H,5H2,1H3;1H. The van der Waals surface area contributed by atoms with Crippen LogP contribution < -0.4 is 0 Å². The molecule has 0 spiro atoms. The average molecular weight is 197 g/mol. The van der Waals surface area contributed by atoms with Crippen LogP contribution in [0.3, 0.4) is 0 Å². The number of aromatic nitrogens is 2. The van der Waals surface area contributed by atoms with Gasteiger partial charge in [-0.15, -0.1) is 12.4 Å². The zero-order valence-electron chi connectivity index (χ0n) is 5.97. The quantitative estimate of drug-likeness (QED) is 0.684. The van der Waals surface area contributed by atoms with Gasteiger partial charge in [-0.05, 0) is 0 Å². The van der Waals surface area contributed by atoms with Crippen molar-refractivity contribution in [2.75, 3.05) is 6.26 Å². The number of halogens is 1. The Morgan fingerprint density at radius 2 is 2.18 bits per heavy atom. The third kappa shape index (κ3) is 4.00. The van der Waals surface area contributed by atoms with E-state index in [0.29, 0.717) is 0 Å². The van der Waals surface area contributed by atoms with Gasteiger partial charge in [0.15, 0.2) is 9.84 Å². The lowest BCUT2D eigenvalue weighted by Crippen LogP contribution is -2.06. The zero-order valence-corrected chi connectivity index (χ0v) is 7.60. The highest BCUT2D eigenvalue weighted by atomic mass is 35.5. The van der Waals surface area contributed by atoms with E-state index in [-0.39, 0.29) is 18.3 Å². The Bertz CT molecular complexity index is 292. The molecule has 1 aromatic rings. The number of rotatable bonds is 2. The van der Waals surface area contributed by atoms with E-state index in [9.17, 15) is 8.42 Å². The second-order valence-corrected chi connectivity index (χ2v) is 4.24. The first-order chi connectivity index (χ1) is 4.58. The Hall–Kier alpha value is -0.550. The van der Waals surface area contributed by atoms with Crippen molar-refractivity contribution in [2.45, 2.75) is 5.88 Å². The van der Waals surface area contributed by atoms with Crippen molar-refractivity contribution in [3.8, 4) is 0 Å². The maximum atomic E-state index is 10.6. The van der Waals surface area contributed by atoms with Crippen LogP contribution in [0.15, 0.2) is 18.7 Å². The second-order valence-electron chi connectivity index (χ2n) is 2.13. The van der Waals surface area contributed by atoms with Crippen molar-refractivity contribution in [2.24, 2.45) is 0 Å². The summed E-state index contributed by atoms with van der Waals surface area (Å²) >= 11 is 0. The Morgan fingerprint density at radius 1 is 1.55 bits per heavy atom. The molecule has 6 heteroatoms. The molecule has 11 heavy (non-hydrogen) atoms. The summed E-state index contributed by atoms with van der Waals surface area (Å²) in [5.41, 5.74) is 0. The predicted molar refractivity (Wildman–Crippen MR) is 44.3 cm³/mol. The van der Waals surface area contributed by atoms with Crippen molar-refractivity contribution >= 4 is 22.2 Å². The van der Waals surface area contributed by atoms with Crippen LogP contribution in [0.1, 0.15) is 0 Å². The lowest BCUT2D eigenvalue weighted by atomic mass is 10.9. The Balaban J connectivity index is 0.000001000. The van der Waals surface area contributed by atoms with Gasteiger partial charge in [0.1, 0.15) is 5.88 Å². The van der Waals surface area contributed by atoms with Crippen LogP contribution in [-0.2, 0) is 15.7 Å². The first kappa shape index (κ1) is 10.4. The van der Waals surface area contributed by atoms with Gasteiger partial charge in [-0.2, -0.15) is 0 Å². The van der Waals surface area contributed by atoms with Gasteiger partial charge >= 0.3 is 0 Å². The van der Waals surface area contributed by atoms with Crippen molar-refractivity contribution in [3.63, 3.8) is 0 Å². The van der Waals surface area contributed by atoms with Crippen molar-refractivity contribution in [1.29, 1.82) is 0 Å². The fourth-order valence-corrected chi connectivity index (χ4v) is 1.33. The summed E-state index contributed by atoms with van der Waals surface area (Å²) in [6.07, 6.45) is 5.82. The summed E-state index contributed by atoms with van der Waals surface area (Å²) in [5, 5.41) is 0. The topological polar surface area (TPSA) is 52.0 Å². The Morgan fingerprint density at radius 3 is 2.55 bits per heavy atom. The van der Waals surface area contributed by atoms with Crippen LogP contribution >= 0.6 is 12.4 Å². The molecule has 0 aliphatic heterocycles. The van der Waals surface area contributed by atoms with Crippen LogP contribution in [0.4, 0.5) is 0 Å². The molecule has 4 nitrogen and oxygen atoms in total. The van der Waals surface area contributed by atoms with Gasteiger partial charge in [0, 0.05) is 18.6 Å². The fraction of sp³-hybridized carbons (Fsp3) is 0.400. The number of nitrogens with zero attached hydrogens (tertiary/aromatic N) is 2. The van der Waals surface area contributed by atoms with Crippen molar-refractivity contribution in [3.05, 3.63) is 18.7 Å². The van der Waals surface area contributed by atoms with E-state index in [2.05, 4.69) is 4.98 Å². The van der Waals surface area contributed by atoms with Gasteiger partial charge < -0.3 is 4.57 Å². The van der Waals surface area contributed by atoms with E-state index < -0.39 is 9.84 Å². The van der Waals surface area contributed by atoms with Gasteiger partial charge in [-0.1, -0.05) is 0 Å². The van der Waals surface area contributed by atoms with Crippen LogP contribution in [0.2, 0.25) is 0 Å². The normalized spacial score (nSPS) is 10.6. The maximum absolute atomic E-state index is 10.6. The molecule has 0 radical (unpaired) electrons. The lowest BCUT2D eigenvalue weighted by Gasteiger charge is -1.96. The summed E-state index contributed by atoms with van der Waals surface area (Å²) in [4.78, 5) is 3.70. The molecule has 1 rings (SSSR count). The van der Waals surface area contributed by atoms with E-state index in [1.165, 1.54) is 17.2 Å². The average Bonchev–Trinajstić information content (AvgIpc) is 2.12. The highest BCUT2D eigenvalue weighted by molar-refractivity contribution is 7.89. The minimum absolute atomic E-state index is 0. The first-order valence-electron chi connectivity index (χ1n) is 2.71. The molecule has 0 saturated carbocycles. The van der Waals surface area contributed by atoms with Crippen LogP contribution in [0.25, 0.3) is 0 Å². The molecule has 0 aromatic carbocycles. The van der Waals surface area contributed by atoms with Gasteiger partial charge in [0.2, 0.25) is 0 Å². The van der Waals surface area contributed by atoms with Crippen LogP contribution in [0, 0.1) is 0 Å². The number of sulfone groups is 1. The summed E-state index contributed by atoms with van der Waals surface area (Å²) in [7, 11) is -2.92. The van der Waals surface area contributed by atoms with E-state index >= 15 is 0 Å². The first-order valence-corrected chi connectivity index (χ1v) is 4.77. The molecule has 0 aliphatic rings. The minimum atomic E-state index is -2.92. The van der Waals surface area contributed by atoms with E-state index in [0.717, 1.165) is 0 Å². The van der Waals surface area contributed by atoms with Crippen molar-refractivity contribution in [1.82, 2.24) is 9.55 Å². The zero-order chi connectivity index (χ0) is 7.61. The second kappa shape index (κ2) is 3.73. The van der Waals surface area contributed by atoms with Gasteiger partial charge in [0.25, 0.3) is 0 Å². The molecule has 0 unspecified atom stereocenters. The predicted octanol–water partition coefficient (Wildman–Crippen LogP) is 0.307. The SMILES string of the molecule is CS(=O)(=O)Cn1ccnc1.Cl. The number of imidazole rings is 1. The molecule has 1 aromatic heterocycles. The molecule has 0 bridgehead atoms. The van der Waals surface area contributed by atoms with Gasteiger partial charge in [-0.25, -0.2) is 13.4 Å². The number of hydrogen-bond donors (Lipinski definition) is 0. The molecule has 64 valence electrons. The molecule has 1 heterocycles. The summed E-state index contributed by atoms with van der Waals surface area (Å²) in [6.45, 7) is 0. The van der Waals surface area contributed by atoms with Gasteiger partial charge in [-0.3, -0.25) is 0 Å². The third-order valence-electron chi connectivity index (χ3n) is 0.943. The third-order valence-corrected chi connectivity index (χ3v) is 1.71. The van der Waals surface area contributed by atoms with E-state index in [1.807, 2.05) is 0 Å². The Labute approximate surface area is 71.6 Å². The molecule has 0 amide bonds. The fourth-order valence-electron chi connectivity index (χ4n) is 0.634. The summed E-state index contributed by atoms with van der Waals surface area (Å²) < 4.78 is 22.8. The summed E-state index contributed by atoms with van der Waals surface area (Å²) in [6, 6.07) is 0. The van der Waals surface area contributed by atoms with E-state index in [1.54, 1.807) is 12.4 Å². The highest BCUT2D eigenvalue weighted by Crippen LogP contribution is 1.91. The lowest BCUT2D eigenvalue weighted by molar-refractivity contribution is 0.590. The highest BCUT2D eigenvalue weighted by Gasteiger charge is 2.00. The molecule has 0 aliphatic carbocycles. The van der Waals surface area contributed by atoms with Gasteiger partial charge in [0.05, 0.1) is 6.33 Å². The van der Waals surface area contributed by atoms with Crippen LogP contribution in [-0.4, -0.2) is 24.2 Å². The van der Waals surface area contributed by atoms with E-state index in [4.69, 9.17) is 0 Å². The summed E-state index contributed by atoms with van der Waals surface area (Å²) in [5.74, 6) is 0.00694. The maximum Gasteiger partial charge on any atom is 0.165 e. The molecule has 0 N–H and O–H groups in total. The molecular weight excluding hydrogens is 188 g/mol. The van der Waals surface area contributed by atoms with Crippen molar-refractivity contribution < 1.29 is 8.42 Å². The molecule has 0 atom stereocenters. The Kier molecular flexibility index (Phi) is 3.54.